The van der Waals surface area contributed by atoms with Crippen molar-refractivity contribution >= 4 is 37.6 Å². The van der Waals surface area contributed by atoms with Gasteiger partial charge in [-0.1, -0.05) is 15.9 Å². The molecule has 0 bridgehead atoms. The van der Waals surface area contributed by atoms with E-state index in [-0.39, 0.29) is 17.2 Å². The summed E-state index contributed by atoms with van der Waals surface area (Å²) in [7, 11) is 1.55. The van der Waals surface area contributed by atoms with Gasteiger partial charge in [-0.25, -0.2) is 0 Å². The predicted octanol–water partition coefficient (Wildman–Crippen LogP) is 4.03. The summed E-state index contributed by atoms with van der Waals surface area (Å²) in [4.78, 5) is 12.6. The van der Waals surface area contributed by atoms with Crippen molar-refractivity contribution in [2.75, 3.05) is 7.11 Å². The van der Waals surface area contributed by atoms with Gasteiger partial charge in [-0.2, -0.15) is 5.26 Å². The van der Waals surface area contributed by atoms with Crippen LogP contribution < -0.4 is 10.5 Å². The number of hydrogen-bond donors (Lipinski definition) is 1. The molecule has 0 amide bonds. The zero-order chi connectivity index (χ0) is 17.4. The average Bonchev–Trinajstić information content (AvgIpc) is 2.53. The van der Waals surface area contributed by atoms with Crippen molar-refractivity contribution in [2.24, 2.45) is 5.73 Å². The number of ether oxygens (including phenoxy) is 2. The quantitative estimate of drug-likeness (QED) is 0.730. The lowest BCUT2D eigenvalue weighted by atomic mass is 9.77. The van der Waals surface area contributed by atoms with E-state index < -0.39 is 5.92 Å². The molecule has 5 nitrogen and oxygen atoms in total. The molecule has 1 aliphatic carbocycles. The van der Waals surface area contributed by atoms with Crippen LogP contribution in [0.25, 0.3) is 0 Å². The van der Waals surface area contributed by atoms with Gasteiger partial charge in [-0.15, -0.1) is 0 Å². The van der Waals surface area contributed by atoms with Gasteiger partial charge >= 0.3 is 0 Å². The van der Waals surface area contributed by atoms with Crippen molar-refractivity contribution in [1.29, 1.82) is 5.26 Å². The second-order valence-corrected chi connectivity index (χ2v) is 7.32. The number of Topliss-reactive ketones (excluding diaryl/α,β-unsaturated/α-hetero) is 1. The monoisotopic (exact) mass is 452 g/mol. The van der Waals surface area contributed by atoms with Crippen LogP contribution in [0.1, 0.15) is 30.7 Å². The molecule has 0 saturated carbocycles. The van der Waals surface area contributed by atoms with Crippen LogP contribution in [-0.4, -0.2) is 12.9 Å². The van der Waals surface area contributed by atoms with Crippen LogP contribution in [0.4, 0.5) is 0 Å². The minimum absolute atomic E-state index is 0.0142. The number of nitrogens with two attached hydrogens (primary N) is 1. The Bertz CT molecular complexity index is 837. The van der Waals surface area contributed by atoms with Crippen molar-refractivity contribution in [3.63, 3.8) is 0 Å². The van der Waals surface area contributed by atoms with E-state index in [9.17, 15) is 10.1 Å². The van der Waals surface area contributed by atoms with Crippen LogP contribution in [0, 0.1) is 11.3 Å². The first-order valence-corrected chi connectivity index (χ1v) is 8.93. The lowest BCUT2D eigenvalue weighted by Gasteiger charge is -2.31. The van der Waals surface area contributed by atoms with Crippen molar-refractivity contribution in [1.82, 2.24) is 0 Å². The van der Waals surface area contributed by atoms with Gasteiger partial charge in [-0.05, 0) is 34.5 Å². The smallest absolute Gasteiger partial charge is 0.205 e. The number of benzene rings is 1. The second kappa shape index (κ2) is 6.61. The van der Waals surface area contributed by atoms with E-state index in [0.717, 1.165) is 15.4 Å². The maximum absolute atomic E-state index is 12.6. The van der Waals surface area contributed by atoms with Gasteiger partial charge in [0.15, 0.2) is 5.78 Å². The molecule has 1 atom stereocenters. The number of halogens is 2. The van der Waals surface area contributed by atoms with Gasteiger partial charge in [0.1, 0.15) is 23.2 Å². The molecule has 0 unspecified atom stereocenters. The Labute approximate surface area is 156 Å². The van der Waals surface area contributed by atoms with Crippen LogP contribution in [0.2, 0.25) is 0 Å². The number of ketones is 1. The van der Waals surface area contributed by atoms with E-state index in [1.54, 1.807) is 7.11 Å². The third-order valence-corrected chi connectivity index (χ3v) is 5.20. The fraction of sp³-hybridized carbons (Fsp3) is 0.294. The minimum Gasteiger partial charge on any atom is -0.495 e. The van der Waals surface area contributed by atoms with Crippen LogP contribution in [0.15, 0.2) is 43.9 Å². The van der Waals surface area contributed by atoms with Crippen LogP contribution in [-0.2, 0) is 9.53 Å². The number of methoxy groups -OCH3 is 1. The molecular weight excluding hydrogens is 440 g/mol. The van der Waals surface area contributed by atoms with Crippen molar-refractivity contribution in [3.8, 4) is 11.8 Å². The summed E-state index contributed by atoms with van der Waals surface area (Å²) in [6.07, 6.45) is 1.79. The zero-order valence-corrected chi connectivity index (χ0v) is 16.0. The number of hydrogen-bond acceptors (Lipinski definition) is 5. The zero-order valence-electron chi connectivity index (χ0n) is 12.9. The highest BCUT2D eigenvalue weighted by Gasteiger charge is 2.39. The molecule has 1 aromatic carbocycles. The van der Waals surface area contributed by atoms with E-state index in [1.165, 1.54) is 0 Å². The van der Waals surface area contributed by atoms with Gasteiger partial charge in [-0.3, -0.25) is 4.79 Å². The number of nitriles is 1. The molecule has 7 heteroatoms. The number of carbonyl (C=O) groups is 1. The standard InChI is InChI=1S/C17H14Br2N2O3/c1-23-16-9(5-8(18)6-11(16)19)14-10(7-20)17(21)24-13-4-2-3-12(22)15(13)14/h5-6,14H,2-4,21H2,1H3/t14-/m1/s1. The molecule has 124 valence electrons. The maximum atomic E-state index is 12.6. The summed E-state index contributed by atoms with van der Waals surface area (Å²) in [6, 6.07) is 5.79. The van der Waals surface area contributed by atoms with E-state index in [1.807, 2.05) is 12.1 Å². The molecule has 1 heterocycles. The first-order chi connectivity index (χ1) is 11.5. The summed E-state index contributed by atoms with van der Waals surface area (Å²) in [5.41, 5.74) is 7.40. The second-order valence-electron chi connectivity index (χ2n) is 5.55. The largest absolute Gasteiger partial charge is 0.495 e. The Hall–Kier alpha value is -1.78. The van der Waals surface area contributed by atoms with Crippen molar-refractivity contribution < 1.29 is 14.3 Å². The van der Waals surface area contributed by atoms with Crippen molar-refractivity contribution in [2.45, 2.75) is 25.2 Å². The van der Waals surface area contributed by atoms with Gasteiger partial charge in [0.25, 0.3) is 0 Å². The predicted molar refractivity (Wildman–Crippen MR) is 94.9 cm³/mol. The lowest BCUT2D eigenvalue weighted by Crippen LogP contribution is -2.27. The number of rotatable bonds is 2. The Morgan fingerprint density at radius 1 is 1.38 bits per heavy atom. The summed E-state index contributed by atoms with van der Waals surface area (Å²) in [5, 5.41) is 9.61. The number of nitrogens with zero attached hydrogens (tertiary/aromatic N) is 1. The Balaban J connectivity index is 2.30. The van der Waals surface area contributed by atoms with Gasteiger partial charge in [0.05, 0.1) is 17.5 Å². The average molecular weight is 454 g/mol. The highest BCUT2D eigenvalue weighted by atomic mass is 79.9. The van der Waals surface area contributed by atoms with E-state index in [2.05, 4.69) is 37.9 Å². The minimum atomic E-state index is -0.588. The van der Waals surface area contributed by atoms with Gasteiger partial charge in [0.2, 0.25) is 5.88 Å². The lowest BCUT2D eigenvalue weighted by molar-refractivity contribution is -0.116. The van der Waals surface area contributed by atoms with Crippen LogP contribution in [0.3, 0.4) is 0 Å². The molecule has 24 heavy (non-hydrogen) atoms. The Morgan fingerprint density at radius 2 is 2.12 bits per heavy atom. The fourth-order valence-electron chi connectivity index (χ4n) is 3.18. The maximum Gasteiger partial charge on any atom is 0.205 e. The van der Waals surface area contributed by atoms with Crippen molar-refractivity contribution in [3.05, 3.63) is 49.4 Å². The Morgan fingerprint density at radius 3 is 2.79 bits per heavy atom. The molecule has 2 N–H and O–H groups in total. The molecule has 0 spiro atoms. The third kappa shape index (κ3) is 2.74. The molecule has 0 aromatic heterocycles. The first kappa shape index (κ1) is 17.1. The molecule has 0 radical (unpaired) electrons. The van der Waals surface area contributed by atoms with E-state index in [4.69, 9.17) is 15.2 Å². The SMILES string of the molecule is COc1c(Br)cc(Br)cc1[C@@H]1C(C#N)=C(N)OC2=C1C(=O)CCC2. The van der Waals surface area contributed by atoms with Crippen LogP contribution in [0.5, 0.6) is 5.75 Å². The highest BCUT2D eigenvalue weighted by molar-refractivity contribution is 9.11. The van der Waals surface area contributed by atoms with E-state index >= 15 is 0 Å². The summed E-state index contributed by atoms with van der Waals surface area (Å²) < 4.78 is 12.6. The molecule has 2 aliphatic rings. The van der Waals surface area contributed by atoms with E-state index in [0.29, 0.717) is 35.5 Å². The Kier molecular flexibility index (Phi) is 4.70. The molecular formula is C17H14Br2N2O3. The fourth-order valence-corrected chi connectivity index (χ4v) is 4.60. The number of allylic oxidation sites excluding steroid dienone is 3. The van der Waals surface area contributed by atoms with Gasteiger partial charge < -0.3 is 15.2 Å². The molecule has 1 aliphatic heterocycles. The molecule has 0 fully saturated rings. The topological polar surface area (TPSA) is 85.3 Å². The number of carbonyl (C=O) groups excluding carboxylic acids is 1. The third-order valence-electron chi connectivity index (χ3n) is 4.16. The molecule has 1 aromatic rings. The molecule has 3 rings (SSSR count). The highest BCUT2D eigenvalue weighted by Crippen LogP contribution is 2.48. The summed E-state index contributed by atoms with van der Waals surface area (Å²) in [5.74, 6) is 0.575. The summed E-state index contributed by atoms with van der Waals surface area (Å²) >= 11 is 6.92. The first-order valence-electron chi connectivity index (χ1n) is 7.34. The van der Waals surface area contributed by atoms with Crippen LogP contribution >= 0.6 is 31.9 Å². The summed E-state index contributed by atoms with van der Waals surface area (Å²) in [6.45, 7) is 0. The van der Waals surface area contributed by atoms with Gasteiger partial charge in [0, 0.05) is 28.5 Å². The normalized spacial score (nSPS) is 20.4. The molecule has 0 saturated heterocycles.